The van der Waals surface area contributed by atoms with E-state index < -0.39 is 11.9 Å². The third kappa shape index (κ3) is 5.78. The molecule has 0 saturated carbocycles. The minimum Gasteiger partial charge on any atom is -0.463 e. The first-order valence-corrected chi connectivity index (χ1v) is 6.51. The molecular formula is C11H15IO6. The van der Waals surface area contributed by atoms with Gasteiger partial charge in [-0.3, -0.25) is 4.79 Å². The fourth-order valence-electron chi connectivity index (χ4n) is 1.24. The molecule has 0 amide bonds. The van der Waals surface area contributed by atoms with Crippen molar-refractivity contribution in [2.75, 3.05) is 19.8 Å². The first-order valence-electron chi connectivity index (χ1n) is 5.43. The van der Waals surface area contributed by atoms with Crippen molar-refractivity contribution in [3.63, 3.8) is 0 Å². The van der Waals surface area contributed by atoms with Crippen molar-refractivity contribution in [1.29, 1.82) is 0 Å². The lowest BCUT2D eigenvalue weighted by Gasteiger charge is -2.09. The smallest absolute Gasteiger partial charge is 0.343 e. The highest BCUT2D eigenvalue weighted by Crippen LogP contribution is 2.11. The second kappa shape index (κ2) is 7.70. The van der Waals surface area contributed by atoms with E-state index in [-0.39, 0.29) is 35.6 Å². The number of esters is 2. The molecule has 0 aromatic rings. The normalized spacial score (nSPS) is 22.6. The largest absolute Gasteiger partial charge is 0.463 e. The Bertz CT molecular complexity index is 329. The maximum absolute atomic E-state index is 11.3. The molecule has 0 radical (unpaired) electrons. The van der Waals surface area contributed by atoms with Gasteiger partial charge in [0, 0.05) is 0 Å². The predicted octanol–water partition coefficient (Wildman–Crippen LogP) is 1.17. The van der Waals surface area contributed by atoms with E-state index in [9.17, 15) is 9.59 Å². The highest BCUT2D eigenvalue weighted by molar-refractivity contribution is 14.1. The van der Waals surface area contributed by atoms with Crippen LogP contribution in [-0.2, 0) is 28.5 Å². The minimum atomic E-state index is -0.523. The fourth-order valence-corrected chi connectivity index (χ4v) is 1.40. The molecule has 0 spiro atoms. The molecule has 1 saturated heterocycles. The lowest BCUT2D eigenvalue weighted by Crippen LogP contribution is -2.22. The van der Waals surface area contributed by atoms with Crippen LogP contribution in [-0.4, -0.2) is 44.2 Å². The predicted molar refractivity (Wildman–Crippen MR) is 70.0 cm³/mol. The first-order chi connectivity index (χ1) is 8.49. The Morgan fingerprint density at radius 1 is 1.44 bits per heavy atom. The van der Waals surface area contributed by atoms with Gasteiger partial charge in [-0.2, -0.15) is 0 Å². The molecule has 0 N–H and O–H groups in total. The lowest BCUT2D eigenvalue weighted by atomic mass is 10.4. The Morgan fingerprint density at radius 3 is 2.72 bits per heavy atom. The van der Waals surface area contributed by atoms with Crippen LogP contribution in [0.1, 0.15) is 13.3 Å². The Balaban J connectivity index is 2.07. The van der Waals surface area contributed by atoms with Gasteiger partial charge in [0.05, 0.1) is 16.6 Å². The number of hydrogen-bond donors (Lipinski definition) is 0. The Morgan fingerprint density at radius 2 is 2.17 bits per heavy atom. The van der Waals surface area contributed by atoms with Crippen molar-refractivity contribution in [3.05, 3.63) is 10.2 Å². The molecular weight excluding hydrogens is 355 g/mol. The minimum absolute atomic E-state index is 0.0127. The average Bonchev–Trinajstić information content (AvgIpc) is 2.72. The zero-order valence-electron chi connectivity index (χ0n) is 10.0. The summed E-state index contributed by atoms with van der Waals surface area (Å²) in [7, 11) is 0. The third-order valence-corrected chi connectivity index (χ3v) is 2.53. The summed E-state index contributed by atoms with van der Waals surface area (Å²) in [6.07, 6.45) is -0.469. The topological polar surface area (TPSA) is 71.1 Å². The van der Waals surface area contributed by atoms with Crippen molar-refractivity contribution in [2.45, 2.75) is 25.7 Å². The van der Waals surface area contributed by atoms with Gasteiger partial charge in [0.1, 0.15) is 19.3 Å². The Hall–Kier alpha value is -0.670. The van der Waals surface area contributed by atoms with Gasteiger partial charge < -0.3 is 18.9 Å². The van der Waals surface area contributed by atoms with Gasteiger partial charge in [0.15, 0.2) is 6.29 Å². The van der Waals surface area contributed by atoms with E-state index in [1.54, 1.807) is 29.5 Å². The molecule has 1 aliphatic heterocycles. The SMILES string of the molecule is C=C(I)C(=O)OCCC(=O)OCC1COC(C)O1. The van der Waals surface area contributed by atoms with E-state index in [2.05, 4.69) is 6.58 Å². The quantitative estimate of drug-likeness (QED) is 0.397. The molecule has 1 aliphatic rings. The molecule has 102 valence electrons. The van der Waals surface area contributed by atoms with E-state index >= 15 is 0 Å². The summed E-state index contributed by atoms with van der Waals surface area (Å²) >= 11 is 1.75. The van der Waals surface area contributed by atoms with Crippen molar-refractivity contribution >= 4 is 34.5 Å². The number of carbonyl (C=O) groups excluding carboxylic acids is 2. The van der Waals surface area contributed by atoms with E-state index in [1.807, 2.05) is 0 Å². The standard InChI is InChI=1S/C11H15IO6/c1-7(12)11(14)15-4-3-10(13)17-6-9-5-16-8(2)18-9/h8-9H,1,3-6H2,2H3. The van der Waals surface area contributed by atoms with Gasteiger partial charge in [-0.25, -0.2) is 4.79 Å². The van der Waals surface area contributed by atoms with Gasteiger partial charge >= 0.3 is 11.9 Å². The van der Waals surface area contributed by atoms with Crippen LogP contribution in [0.25, 0.3) is 0 Å². The van der Waals surface area contributed by atoms with Crippen LogP contribution in [0.15, 0.2) is 10.2 Å². The zero-order chi connectivity index (χ0) is 13.5. The maximum atomic E-state index is 11.3. The number of carbonyl (C=O) groups is 2. The summed E-state index contributed by atoms with van der Waals surface area (Å²) < 4.78 is 20.4. The van der Waals surface area contributed by atoms with Crippen molar-refractivity contribution in [3.8, 4) is 0 Å². The fraction of sp³-hybridized carbons (Fsp3) is 0.636. The van der Waals surface area contributed by atoms with Gasteiger partial charge in [-0.1, -0.05) is 6.58 Å². The first kappa shape index (κ1) is 15.4. The Labute approximate surface area is 119 Å². The molecule has 2 atom stereocenters. The van der Waals surface area contributed by atoms with Gasteiger partial charge in [0.25, 0.3) is 0 Å². The van der Waals surface area contributed by atoms with Crippen molar-refractivity contribution in [1.82, 2.24) is 0 Å². The third-order valence-electron chi connectivity index (χ3n) is 2.09. The van der Waals surface area contributed by atoms with Crippen LogP contribution in [0.3, 0.4) is 0 Å². The number of rotatable bonds is 6. The van der Waals surface area contributed by atoms with Gasteiger partial charge in [-0.05, 0) is 29.5 Å². The highest BCUT2D eigenvalue weighted by atomic mass is 127. The van der Waals surface area contributed by atoms with E-state index in [4.69, 9.17) is 18.9 Å². The van der Waals surface area contributed by atoms with Crippen LogP contribution in [0.4, 0.5) is 0 Å². The van der Waals surface area contributed by atoms with Crippen molar-refractivity contribution in [2.24, 2.45) is 0 Å². The molecule has 18 heavy (non-hydrogen) atoms. The zero-order valence-corrected chi connectivity index (χ0v) is 12.2. The van der Waals surface area contributed by atoms with Crippen LogP contribution >= 0.6 is 22.6 Å². The van der Waals surface area contributed by atoms with E-state index in [0.717, 1.165) is 0 Å². The van der Waals surface area contributed by atoms with Crippen LogP contribution < -0.4 is 0 Å². The molecule has 2 unspecified atom stereocenters. The van der Waals surface area contributed by atoms with Crippen LogP contribution in [0, 0.1) is 0 Å². The molecule has 0 aromatic carbocycles. The molecule has 1 heterocycles. The molecule has 7 heteroatoms. The molecule has 1 fully saturated rings. The molecule has 6 nitrogen and oxygen atoms in total. The number of ether oxygens (including phenoxy) is 4. The summed E-state index contributed by atoms with van der Waals surface area (Å²) in [6, 6.07) is 0. The Kier molecular flexibility index (Phi) is 6.58. The summed E-state index contributed by atoms with van der Waals surface area (Å²) in [6.45, 7) is 5.74. The van der Waals surface area contributed by atoms with Crippen molar-refractivity contribution < 1.29 is 28.5 Å². The second-order valence-corrected chi connectivity index (χ2v) is 4.94. The highest BCUT2D eigenvalue weighted by Gasteiger charge is 2.23. The van der Waals surface area contributed by atoms with Crippen LogP contribution in [0.2, 0.25) is 0 Å². The second-order valence-electron chi connectivity index (χ2n) is 3.63. The van der Waals surface area contributed by atoms with E-state index in [1.165, 1.54) is 0 Å². The number of hydrogen-bond acceptors (Lipinski definition) is 6. The lowest BCUT2D eigenvalue weighted by molar-refractivity contribution is -0.150. The van der Waals surface area contributed by atoms with Gasteiger partial charge in [-0.15, -0.1) is 0 Å². The molecule has 1 rings (SSSR count). The monoisotopic (exact) mass is 370 g/mol. The maximum Gasteiger partial charge on any atom is 0.343 e. The summed E-state index contributed by atoms with van der Waals surface area (Å²) in [5.41, 5.74) is 0. The molecule has 0 aliphatic carbocycles. The van der Waals surface area contributed by atoms with Crippen LogP contribution in [0.5, 0.6) is 0 Å². The summed E-state index contributed by atoms with van der Waals surface area (Å²) in [5.74, 6) is -0.963. The summed E-state index contributed by atoms with van der Waals surface area (Å²) in [5, 5.41) is 0. The summed E-state index contributed by atoms with van der Waals surface area (Å²) in [4.78, 5) is 22.3. The van der Waals surface area contributed by atoms with E-state index in [0.29, 0.717) is 6.61 Å². The van der Waals surface area contributed by atoms with Gasteiger partial charge in [0.2, 0.25) is 0 Å². The molecule has 0 aromatic heterocycles. The number of halogens is 1. The average molecular weight is 370 g/mol. The molecule has 0 bridgehead atoms.